The maximum Gasteiger partial charge on any atom is 0.338 e. The SMILES string of the molecule is C=CCOC(=O)C1=C(C)N=C2SC(C)C(=O)N2C1c1ccc(OCC(C)C)cc1. The lowest BCUT2D eigenvalue weighted by molar-refractivity contribution is -0.139. The second kappa shape index (κ2) is 8.86. The molecule has 2 atom stereocenters. The minimum absolute atomic E-state index is 0.0691. The van der Waals surface area contributed by atoms with Crippen LogP contribution in [0.1, 0.15) is 39.3 Å². The van der Waals surface area contributed by atoms with Crippen LogP contribution in [0.5, 0.6) is 5.75 Å². The van der Waals surface area contributed by atoms with Gasteiger partial charge < -0.3 is 9.47 Å². The van der Waals surface area contributed by atoms with Crippen LogP contribution in [0, 0.1) is 5.92 Å². The Balaban J connectivity index is 1.99. The Morgan fingerprint density at radius 1 is 1.34 bits per heavy atom. The van der Waals surface area contributed by atoms with Crippen LogP contribution < -0.4 is 4.74 Å². The molecule has 154 valence electrons. The summed E-state index contributed by atoms with van der Waals surface area (Å²) in [5, 5.41) is 0.367. The van der Waals surface area contributed by atoms with E-state index >= 15 is 0 Å². The number of benzene rings is 1. The van der Waals surface area contributed by atoms with Crippen LogP contribution in [-0.2, 0) is 14.3 Å². The molecule has 3 rings (SSSR count). The van der Waals surface area contributed by atoms with Crippen LogP contribution in [0.25, 0.3) is 0 Å². The highest BCUT2D eigenvalue weighted by molar-refractivity contribution is 8.15. The van der Waals surface area contributed by atoms with Gasteiger partial charge in [-0.1, -0.05) is 50.4 Å². The highest BCUT2D eigenvalue weighted by Gasteiger charge is 2.46. The predicted molar refractivity (Wildman–Crippen MR) is 115 cm³/mol. The maximum absolute atomic E-state index is 12.9. The van der Waals surface area contributed by atoms with Gasteiger partial charge in [0.2, 0.25) is 5.91 Å². The molecule has 0 bridgehead atoms. The number of rotatable bonds is 7. The molecule has 2 heterocycles. The van der Waals surface area contributed by atoms with E-state index < -0.39 is 12.0 Å². The quantitative estimate of drug-likeness (QED) is 0.496. The van der Waals surface area contributed by atoms with Crippen LogP contribution >= 0.6 is 11.8 Å². The van der Waals surface area contributed by atoms with E-state index in [1.165, 1.54) is 17.8 Å². The van der Waals surface area contributed by atoms with Crippen LogP contribution in [0.15, 0.2) is 53.2 Å². The minimum Gasteiger partial charge on any atom is -0.493 e. The molecule has 1 aromatic rings. The Hall–Kier alpha value is -2.54. The lowest BCUT2D eigenvalue weighted by Gasteiger charge is -2.33. The van der Waals surface area contributed by atoms with E-state index in [-0.39, 0.29) is 17.8 Å². The lowest BCUT2D eigenvalue weighted by Crippen LogP contribution is -2.40. The molecule has 0 aliphatic carbocycles. The Kier molecular flexibility index (Phi) is 6.47. The number of amidine groups is 1. The molecule has 29 heavy (non-hydrogen) atoms. The number of amides is 1. The molecule has 1 saturated heterocycles. The molecule has 0 saturated carbocycles. The van der Waals surface area contributed by atoms with E-state index in [9.17, 15) is 9.59 Å². The summed E-state index contributed by atoms with van der Waals surface area (Å²) in [5.41, 5.74) is 1.74. The molecule has 0 N–H and O–H groups in total. The average molecular weight is 415 g/mol. The van der Waals surface area contributed by atoms with Crippen molar-refractivity contribution in [3.63, 3.8) is 0 Å². The van der Waals surface area contributed by atoms with Crippen molar-refractivity contribution in [2.24, 2.45) is 10.9 Å². The average Bonchev–Trinajstić information content (AvgIpc) is 2.97. The van der Waals surface area contributed by atoms with E-state index in [1.54, 1.807) is 11.8 Å². The van der Waals surface area contributed by atoms with Gasteiger partial charge in [0, 0.05) is 0 Å². The highest BCUT2D eigenvalue weighted by Crippen LogP contribution is 2.43. The lowest BCUT2D eigenvalue weighted by atomic mass is 9.94. The third kappa shape index (κ3) is 4.40. The number of allylic oxidation sites excluding steroid dienone is 1. The number of thioether (sulfide) groups is 1. The van der Waals surface area contributed by atoms with Crippen molar-refractivity contribution < 1.29 is 19.1 Å². The third-order valence-corrected chi connectivity index (χ3v) is 5.64. The van der Waals surface area contributed by atoms with E-state index in [2.05, 4.69) is 25.4 Å². The number of ether oxygens (including phenoxy) is 2. The van der Waals surface area contributed by atoms with Gasteiger partial charge in [0.1, 0.15) is 12.4 Å². The monoisotopic (exact) mass is 414 g/mol. The summed E-state index contributed by atoms with van der Waals surface area (Å²) in [7, 11) is 0. The number of carbonyl (C=O) groups excluding carboxylic acids is 2. The molecule has 6 nitrogen and oxygen atoms in total. The number of aliphatic imine (C=N–C) groups is 1. The van der Waals surface area contributed by atoms with Gasteiger partial charge in [0.25, 0.3) is 0 Å². The van der Waals surface area contributed by atoms with Crippen molar-refractivity contribution in [2.45, 2.75) is 39.0 Å². The van der Waals surface area contributed by atoms with E-state index in [4.69, 9.17) is 9.47 Å². The molecule has 1 amide bonds. The van der Waals surface area contributed by atoms with Gasteiger partial charge in [-0.15, -0.1) is 0 Å². The second-order valence-electron chi connectivity index (χ2n) is 7.43. The number of carbonyl (C=O) groups is 2. The fourth-order valence-corrected chi connectivity index (χ4v) is 4.23. The normalized spacial score (nSPS) is 21.2. The topological polar surface area (TPSA) is 68.2 Å². The molecule has 0 radical (unpaired) electrons. The third-order valence-electron chi connectivity index (χ3n) is 4.59. The van der Waals surface area contributed by atoms with Gasteiger partial charge in [0.15, 0.2) is 5.17 Å². The molecule has 1 fully saturated rings. The van der Waals surface area contributed by atoms with Crippen molar-refractivity contribution in [1.29, 1.82) is 0 Å². The number of hydrogen-bond acceptors (Lipinski definition) is 6. The zero-order chi connectivity index (χ0) is 21.1. The smallest absolute Gasteiger partial charge is 0.338 e. The standard InChI is InChI=1S/C22H26N2O4S/c1-6-11-27-21(26)18-14(4)23-22-24(20(25)15(5)29-22)19(18)16-7-9-17(10-8-16)28-12-13(2)3/h6-10,13,15,19H,1,11-12H2,2-5H3. The molecule has 0 spiro atoms. The molecular formula is C22H26N2O4S. The van der Waals surface area contributed by atoms with Crippen molar-refractivity contribution in [3.8, 4) is 5.75 Å². The van der Waals surface area contributed by atoms with Crippen molar-refractivity contribution >= 4 is 28.8 Å². The number of esters is 1. The molecule has 1 aromatic carbocycles. The Labute approximate surface area is 175 Å². The van der Waals surface area contributed by atoms with Crippen LogP contribution in [-0.4, -0.2) is 40.4 Å². The Bertz CT molecular complexity index is 873. The first-order valence-corrected chi connectivity index (χ1v) is 10.5. The first-order chi connectivity index (χ1) is 13.8. The van der Waals surface area contributed by atoms with Gasteiger partial charge in [-0.05, 0) is 37.5 Å². The van der Waals surface area contributed by atoms with Gasteiger partial charge >= 0.3 is 5.97 Å². The Morgan fingerprint density at radius 2 is 2.03 bits per heavy atom. The number of nitrogens with zero attached hydrogens (tertiary/aromatic N) is 2. The first-order valence-electron chi connectivity index (χ1n) is 9.63. The fourth-order valence-electron chi connectivity index (χ4n) is 3.20. The van der Waals surface area contributed by atoms with Gasteiger partial charge in [0.05, 0.1) is 29.2 Å². The molecule has 0 aromatic heterocycles. The van der Waals surface area contributed by atoms with Gasteiger partial charge in [-0.3, -0.25) is 9.69 Å². The summed E-state index contributed by atoms with van der Waals surface area (Å²) in [5.74, 6) is 0.608. The first kappa shape index (κ1) is 21.2. The zero-order valence-corrected chi connectivity index (χ0v) is 18.0. The largest absolute Gasteiger partial charge is 0.493 e. The van der Waals surface area contributed by atoms with Crippen LogP contribution in [0.2, 0.25) is 0 Å². The van der Waals surface area contributed by atoms with Crippen molar-refractivity contribution in [1.82, 2.24) is 4.90 Å². The maximum atomic E-state index is 12.9. The summed E-state index contributed by atoms with van der Waals surface area (Å²) in [6.45, 7) is 12.1. The molecule has 2 unspecified atom stereocenters. The van der Waals surface area contributed by atoms with E-state index in [1.807, 2.05) is 31.2 Å². The van der Waals surface area contributed by atoms with Crippen LogP contribution in [0.4, 0.5) is 0 Å². The fraction of sp³-hybridized carbons (Fsp3) is 0.409. The van der Waals surface area contributed by atoms with E-state index in [0.717, 1.165) is 11.3 Å². The number of hydrogen-bond donors (Lipinski definition) is 0. The summed E-state index contributed by atoms with van der Waals surface area (Å²) in [6.07, 6.45) is 1.51. The van der Waals surface area contributed by atoms with E-state index in [0.29, 0.717) is 29.0 Å². The summed E-state index contributed by atoms with van der Waals surface area (Å²) < 4.78 is 11.1. The summed E-state index contributed by atoms with van der Waals surface area (Å²) in [4.78, 5) is 31.8. The summed E-state index contributed by atoms with van der Waals surface area (Å²) >= 11 is 1.41. The summed E-state index contributed by atoms with van der Waals surface area (Å²) in [6, 6.07) is 6.92. The van der Waals surface area contributed by atoms with Crippen LogP contribution in [0.3, 0.4) is 0 Å². The molecular weight excluding hydrogens is 388 g/mol. The Morgan fingerprint density at radius 3 is 2.66 bits per heavy atom. The number of fused-ring (bicyclic) bond motifs is 1. The van der Waals surface area contributed by atoms with Crippen molar-refractivity contribution in [3.05, 3.63) is 53.8 Å². The zero-order valence-electron chi connectivity index (χ0n) is 17.2. The second-order valence-corrected chi connectivity index (χ2v) is 8.73. The molecule has 2 aliphatic heterocycles. The predicted octanol–water partition coefficient (Wildman–Crippen LogP) is 4.10. The van der Waals surface area contributed by atoms with Gasteiger partial charge in [-0.2, -0.15) is 0 Å². The van der Waals surface area contributed by atoms with Crippen molar-refractivity contribution in [2.75, 3.05) is 13.2 Å². The minimum atomic E-state index is -0.580. The highest BCUT2D eigenvalue weighted by atomic mass is 32.2. The van der Waals surface area contributed by atoms with Gasteiger partial charge in [-0.25, -0.2) is 9.79 Å². The molecule has 7 heteroatoms. The molecule has 2 aliphatic rings.